The second-order valence-electron chi connectivity index (χ2n) is 1.54. The third-order valence-corrected chi connectivity index (χ3v) is 0.712. The SMILES string of the molecule is N[C@@H](CC(=O)O)C(=O)O.[CaH2]. The average Bonchev–Trinajstić information content (AvgIpc) is 1.63. The summed E-state index contributed by atoms with van der Waals surface area (Å²) in [7, 11) is 0. The van der Waals surface area contributed by atoms with Crippen LogP contribution < -0.4 is 5.73 Å². The standard InChI is InChI=1S/C4H7NO4.Ca.2H/c5-2(4(8)9)1-3(6)7;;;/h2H,1,5H2,(H,6,7)(H,8,9);;;/t2-;;;/m0.../s1. The molecule has 0 fully saturated rings. The first-order valence-electron chi connectivity index (χ1n) is 2.24. The summed E-state index contributed by atoms with van der Waals surface area (Å²) >= 11 is 0. The van der Waals surface area contributed by atoms with Gasteiger partial charge >= 0.3 is 49.7 Å². The molecule has 0 aromatic carbocycles. The van der Waals surface area contributed by atoms with Gasteiger partial charge in [-0.05, 0) is 0 Å². The molecule has 0 heterocycles. The Bertz CT molecular complexity index is 137. The van der Waals surface area contributed by atoms with E-state index in [0.29, 0.717) is 0 Å². The quantitative estimate of drug-likeness (QED) is 0.429. The number of carbonyl (C=O) groups is 2. The second-order valence-corrected chi connectivity index (χ2v) is 1.54. The zero-order valence-corrected chi connectivity index (χ0v) is 4.57. The Kier molecular flexibility index (Phi) is 7.56. The third kappa shape index (κ3) is 6.28. The molecule has 0 unspecified atom stereocenters. The van der Waals surface area contributed by atoms with Crippen LogP contribution in [-0.4, -0.2) is 65.9 Å². The molecule has 0 spiro atoms. The van der Waals surface area contributed by atoms with Crippen molar-refractivity contribution in [3.63, 3.8) is 0 Å². The van der Waals surface area contributed by atoms with Crippen LogP contribution in [0.4, 0.5) is 0 Å². The Morgan fingerprint density at radius 3 is 1.90 bits per heavy atom. The van der Waals surface area contributed by atoms with Gasteiger partial charge in [0.25, 0.3) is 0 Å². The Hall–Kier alpha value is 0.160. The van der Waals surface area contributed by atoms with Crippen molar-refractivity contribution in [2.45, 2.75) is 12.5 Å². The number of hydrogen-bond acceptors (Lipinski definition) is 3. The van der Waals surface area contributed by atoms with Crippen LogP contribution in [0.15, 0.2) is 0 Å². The van der Waals surface area contributed by atoms with Gasteiger partial charge < -0.3 is 15.9 Å². The van der Waals surface area contributed by atoms with Gasteiger partial charge in [-0.2, -0.15) is 0 Å². The van der Waals surface area contributed by atoms with Crippen molar-refractivity contribution in [3.8, 4) is 0 Å². The molecule has 6 heteroatoms. The van der Waals surface area contributed by atoms with Gasteiger partial charge in [-0.1, -0.05) is 0 Å². The van der Waals surface area contributed by atoms with E-state index in [-0.39, 0.29) is 37.7 Å². The minimum atomic E-state index is -1.29. The average molecular weight is 175 g/mol. The normalized spacial score (nSPS) is 11.3. The summed E-state index contributed by atoms with van der Waals surface area (Å²) in [6.45, 7) is 0. The number of nitrogens with two attached hydrogens (primary N) is 1. The Labute approximate surface area is 87.2 Å². The fourth-order valence-electron chi connectivity index (χ4n) is 0.275. The van der Waals surface area contributed by atoms with E-state index >= 15 is 0 Å². The van der Waals surface area contributed by atoms with E-state index in [2.05, 4.69) is 0 Å². The number of rotatable bonds is 3. The Morgan fingerprint density at radius 1 is 1.40 bits per heavy atom. The van der Waals surface area contributed by atoms with E-state index in [9.17, 15) is 9.59 Å². The van der Waals surface area contributed by atoms with Crippen molar-refractivity contribution in [1.82, 2.24) is 0 Å². The first-order chi connectivity index (χ1) is 4.04. The maximum absolute atomic E-state index is 9.85. The summed E-state index contributed by atoms with van der Waals surface area (Å²) in [6, 6.07) is -1.29. The van der Waals surface area contributed by atoms with Crippen LogP contribution >= 0.6 is 0 Å². The minimum absolute atomic E-state index is 0. The first kappa shape index (κ1) is 12.8. The zero-order valence-electron chi connectivity index (χ0n) is 4.57. The van der Waals surface area contributed by atoms with Gasteiger partial charge in [0.1, 0.15) is 6.04 Å². The number of hydrogen-bond donors (Lipinski definition) is 3. The maximum atomic E-state index is 9.85. The molecule has 5 nitrogen and oxygen atoms in total. The molecule has 56 valence electrons. The van der Waals surface area contributed by atoms with Crippen LogP contribution in [0.2, 0.25) is 0 Å². The van der Waals surface area contributed by atoms with Gasteiger partial charge in [0.05, 0.1) is 6.42 Å². The van der Waals surface area contributed by atoms with Gasteiger partial charge in [-0.3, -0.25) is 9.59 Å². The molecular formula is C4H9CaNO4. The fraction of sp³-hybridized carbons (Fsp3) is 0.500. The summed E-state index contributed by atoms with van der Waals surface area (Å²) < 4.78 is 0. The summed E-state index contributed by atoms with van der Waals surface area (Å²) in [5.41, 5.74) is 4.84. The topological polar surface area (TPSA) is 101 Å². The van der Waals surface area contributed by atoms with E-state index < -0.39 is 24.4 Å². The van der Waals surface area contributed by atoms with Gasteiger partial charge in [0, 0.05) is 0 Å². The summed E-state index contributed by atoms with van der Waals surface area (Å²) in [6.07, 6.45) is -0.532. The molecule has 0 bridgehead atoms. The molecule has 0 radical (unpaired) electrons. The van der Waals surface area contributed by atoms with Crippen molar-refractivity contribution >= 4 is 49.7 Å². The van der Waals surface area contributed by atoms with E-state index in [0.717, 1.165) is 0 Å². The van der Waals surface area contributed by atoms with Crippen LogP contribution in [0, 0.1) is 0 Å². The molecule has 0 amide bonds. The van der Waals surface area contributed by atoms with Gasteiger partial charge in [0.2, 0.25) is 0 Å². The second kappa shape index (κ2) is 5.91. The molecular weight excluding hydrogens is 166 g/mol. The van der Waals surface area contributed by atoms with Crippen molar-refractivity contribution < 1.29 is 19.8 Å². The molecule has 0 rings (SSSR count). The number of carboxylic acids is 2. The van der Waals surface area contributed by atoms with Crippen molar-refractivity contribution in [1.29, 1.82) is 0 Å². The molecule has 0 saturated heterocycles. The molecule has 0 aliphatic heterocycles. The summed E-state index contributed by atoms with van der Waals surface area (Å²) in [5, 5.41) is 16.0. The monoisotopic (exact) mass is 175 g/mol. The molecule has 0 aromatic heterocycles. The van der Waals surface area contributed by atoms with E-state index in [4.69, 9.17) is 15.9 Å². The van der Waals surface area contributed by atoms with Crippen molar-refractivity contribution in [2.24, 2.45) is 5.73 Å². The van der Waals surface area contributed by atoms with Crippen LogP contribution in [0.25, 0.3) is 0 Å². The van der Waals surface area contributed by atoms with E-state index in [1.54, 1.807) is 0 Å². The fourth-order valence-corrected chi connectivity index (χ4v) is 0.275. The van der Waals surface area contributed by atoms with E-state index in [1.165, 1.54) is 0 Å². The predicted octanol–water partition coefficient (Wildman–Crippen LogP) is -2.04. The van der Waals surface area contributed by atoms with Crippen molar-refractivity contribution in [2.75, 3.05) is 0 Å². The Morgan fingerprint density at radius 2 is 1.80 bits per heavy atom. The van der Waals surface area contributed by atoms with Gasteiger partial charge in [-0.25, -0.2) is 0 Å². The number of aliphatic carboxylic acids is 2. The third-order valence-electron chi connectivity index (χ3n) is 0.712. The molecule has 4 N–H and O–H groups in total. The van der Waals surface area contributed by atoms with Gasteiger partial charge in [0.15, 0.2) is 0 Å². The Balaban J connectivity index is 0. The summed E-state index contributed by atoms with van der Waals surface area (Å²) in [5.74, 6) is -2.50. The molecule has 0 aliphatic rings. The first-order valence-corrected chi connectivity index (χ1v) is 2.24. The van der Waals surface area contributed by atoms with E-state index in [1.807, 2.05) is 0 Å². The van der Waals surface area contributed by atoms with Gasteiger partial charge in [-0.15, -0.1) is 0 Å². The predicted molar refractivity (Wildman–Crippen MR) is 36.4 cm³/mol. The molecule has 0 aromatic rings. The molecule has 10 heavy (non-hydrogen) atoms. The molecule has 0 saturated carbocycles. The van der Waals surface area contributed by atoms with Crippen LogP contribution in [-0.2, 0) is 9.59 Å². The molecule has 1 atom stereocenters. The zero-order chi connectivity index (χ0) is 7.44. The van der Waals surface area contributed by atoms with Crippen molar-refractivity contribution in [3.05, 3.63) is 0 Å². The number of carboxylic acid groups (broad SMARTS) is 2. The van der Waals surface area contributed by atoms with Crippen LogP contribution in [0.5, 0.6) is 0 Å². The van der Waals surface area contributed by atoms with Crippen LogP contribution in [0.3, 0.4) is 0 Å². The van der Waals surface area contributed by atoms with Crippen LogP contribution in [0.1, 0.15) is 6.42 Å². The summed E-state index contributed by atoms with van der Waals surface area (Å²) in [4.78, 5) is 19.6. The molecule has 0 aliphatic carbocycles.